The average Bonchev–Trinajstić information content (AvgIpc) is 2.35. The Labute approximate surface area is 125 Å². The lowest BCUT2D eigenvalue weighted by Gasteiger charge is -2.34. The molecule has 0 radical (unpaired) electrons. The Hall–Kier alpha value is -1.15. The standard InChI is InChI=1S/C14H23N2O4P/c1-9(2)6-14(16-10(3)17)13-5-4-12(21(18,19)20)7-11(13)8-15/h4,9,11,13-14H,5-7H2,1-3H3,(H,16,17)(H2,18,19,20)/t11-,13+,14-/m0/s1. The largest absolute Gasteiger partial charge is 0.353 e. The van der Waals surface area contributed by atoms with Crippen LogP contribution in [0, 0.1) is 29.1 Å². The summed E-state index contributed by atoms with van der Waals surface area (Å²) in [5.41, 5.74) is 0. The van der Waals surface area contributed by atoms with E-state index in [-0.39, 0.29) is 29.6 Å². The lowest BCUT2D eigenvalue weighted by Crippen LogP contribution is -2.43. The zero-order valence-corrected chi connectivity index (χ0v) is 13.5. The van der Waals surface area contributed by atoms with Crippen LogP contribution in [-0.4, -0.2) is 21.7 Å². The molecule has 3 N–H and O–H groups in total. The van der Waals surface area contributed by atoms with Crippen LogP contribution in [0.1, 0.15) is 40.0 Å². The van der Waals surface area contributed by atoms with E-state index in [1.54, 1.807) is 0 Å². The number of carbonyl (C=O) groups excluding carboxylic acids is 1. The van der Waals surface area contributed by atoms with Crippen LogP contribution in [0.25, 0.3) is 0 Å². The molecule has 0 saturated heterocycles. The van der Waals surface area contributed by atoms with Gasteiger partial charge in [-0.2, -0.15) is 5.26 Å². The van der Waals surface area contributed by atoms with E-state index in [2.05, 4.69) is 11.4 Å². The number of amides is 1. The van der Waals surface area contributed by atoms with Crippen molar-refractivity contribution < 1.29 is 19.1 Å². The molecule has 21 heavy (non-hydrogen) atoms. The smallest absolute Gasteiger partial charge is 0.351 e. The minimum atomic E-state index is -4.28. The van der Waals surface area contributed by atoms with Gasteiger partial charge in [0.2, 0.25) is 5.91 Å². The molecule has 0 saturated carbocycles. The van der Waals surface area contributed by atoms with E-state index in [9.17, 15) is 24.4 Å². The molecule has 7 heteroatoms. The molecule has 1 aliphatic rings. The molecule has 0 aromatic carbocycles. The fraction of sp³-hybridized carbons (Fsp3) is 0.714. The molecular formula is C14H23N2O4P. The Bertz CT molecular complexity index is 504. The Kier molecular flexibility index (Phi) is 6.15. The van der Waals surface area contributed by atoms with Gasteiger partial charge < -0.3 is 15.1 Å². The van der Waals surface area contributed by atoms with Crippen molar-refractivity contribution in [1.29, 1.82) is 5.26 Å². The molecule has 3 atom stereocenters. The van der Waals surface area contributed by atoms with Crippen LogP contribution in [0.15, 0.2) is 11.4 Å². The van der Waals surface area contributed by atoms with Crippen LogP contribution >= 0.6 is 7.60 Å². The number of rotatable bonds is 5. The van der Waals surface area contributed by atoms with Gasteiger partial charge in [-0.15, -0.1) is 0 Å². The Morgan fingerprint density at radius 1 is 1.57 bits per heavy atom. The summed E-state index contributed by atoms with van der Waals surface area (Å²) >= 11 is 0. The average molecular weight is 314 g/mol. The number of nitrogens with zero attached hydrogens (tertiary/aromatic N) is 1. The van der Waals surface area contributed by atoms with Crippen molar-refractivity contribution in [3.8, 4) is 6.07 Å². The number of carbonyl (C=O) groups is 1. The second-order valence-corrected chi connectivity index (χ2v) is 7.68. The van der Waals surface area contributed by atoms with E-state index in [0.717, 1.165) is 6.42 Å². The summed E-state index contributed by atoms with van der Waals surface area (Å²) in [5.74, 6) is -0.403. The summed E-state index contributed by atoms with van der Waals surface area (Å²) in [6.07, 6.45) is 2.74. The highest BCUT2D eigenvalue weighted by Gasteiger charge is 2.37. The Balaban J connectivity index is 2.98. The van der Waals surface area contributed by atoms with Gasteiger partial charge in [0.05, 0.1) is 12.0 Å². The van der Waals surface area contributed by atoms with Crippen molar-refractivity contribution in [2.45, 2.75) is 46.1 Å². The number of hydrogen-bond acceptors (Lipinski definition) is 3. The highest BCUT2D eigenvalue weighted by molar-refractivity contribution is 7.56. The fourth-order valence-electron chi connectivity index (χ4n) is 2.83. The summed E-state index contributed by atoms with van der Waals surface area (Å²) in [6, 6.07) is 2.00. The minimum Gasteiger partial charge on any atom is -0.353 e. The first-order chi connectivity index (χ1) is 9.65. The summed E-state index contributed by atoms with van der Waals surface area (Å²) in [7, 11) is -4.28. The fourth-order valence-corrected chi connectivity index (χ4v) is 3.61. The molecule has 6 nitrogen and oxygen atoms in total. The van der Waals surface area contributed by atoms with Crippen LogP contribution in [0.4, 0.5) is 0 Å². The van der Waals surface area contributed by atoms with Crippen LogP contribution in [0.2, 0.25) is 0 Å². The molecule has 0 aromatic heterocycles. The maximum atomic E-state index is 11.4. The maximum absolute atomic E-state index is 11.4. The van der Waals surface area contributed by atoms with Gasteiger partial charge in [0.1, 0.15) is 0 Å². The first-order valence-corrected chi connectivity index (χ1v) is 8.68. The van der Waals surface area contributed by atoms with Crippen LogP contribution in [0.3, 0.4) is 0 Å². The summed E-state index contributed by atoms with van der Waals surface area (Å²) in [5, 5.41) is 12.2. The third kappa shape index (κ3) is 5.28. The quantitative estimate of drug-likeness (QED) is 0.673. The van der Waals surface area contributed by atoms with Gasteiger partial charge in [0, 0.05) is 18.3 Å². The van der Waals surface area contributed by atoms with Gasteiger partial charge in [0.15, 0.2) is 0 Å². The molecule has 0 spiro atoms. The molecule has 0 fully saturated rings. The lowest BCUT2D eigenvalue weighted by molar-refractivity contribution is -0.120. The predicted molar refractivity (Wildman–Crippen MR) is 79.0 cm³/mol. The van der Waals surface area contributed by atoms with E-state index in [0.29, 0.717) is 12.3 Å². The van der Waals surface area contributed by atoms with Gasteiger partial charge in [-0.25, -0.2) is 0 Å². The SMILES string of the molecule is CC(=O)N[C@@H](CC(C)C)[C@@H]1CC=C(P(=O)(O)O)C[C@H]1C#N. The zero-order valence-electron chi connectivity index (χ0n) is 12.6. The second kappa shape index (κ2) is 7.22. The monoisotopic (exact) mass is 314 g/mol. The summed E-state index contributed by atoms with van der Waals surface area (Å²) < 4.78 is 11.3. The van der Waals surface area contributed by atoms with Crippen LogP contribution in [0.5, 0.6) is 0 Å². The van der Waals surface area contributed by atoms with Crippen LogP contribution in [-0.2, 0) is 9.36 Å². The second-order valence-electron chi connectivity index (χ2n) is 6.02. The van der Waals surface area contributed by atoms with Gasteiger partial charge >= 0.3 is 7.60 Å². The molecule has 0 aromatic rings. The van der Waals surface area contributed by atoms with E-state index in [4.69, 9.17) is 0 Å². The maximum Gasteiger partial charge on any atom is 0.351 e. The van der Waals surface area contributed by atoms with E-state index < -0.39 is 13.5 Å². The zero-order chi connectivity index (χ0) is 16.2. The number of allylic oxidation sites excluding steroid dienone is 2. The minimum absolute atomic E-state index is 0.0384. The first kappa shape index (κ1) is 17.9. The number of nitrogens with one attached hydrogen (secondary N) is 1. The molecule has 1 rings (SSSR count). The Morgan fingerprint density at radius 3 is 2.62 bits per heavy atom. The van der Waals surface area contributed by atoms with Crippen molar-refractivity contribution in [2.24, 2.45) is 17.8 Å². The van der Waals surface area contributed by atoms with Crippen molar-refractivity contribution >= 4 is 13.5 Å². The molecular weight excluding hydrogens is 291 g/mol. The number of nitriles is 1. The van der Waals surface area contributed by atoms with Gasteiger partial charge in [0.25, 0.3) is 0 Å². The van der Waals surface area contributed by atoms with Crippen molar-refractivity contribution in [3.63, 3.8) is 0 Å². The van der Waals surface area contributed by atoms with Crippen molar-refractivity contribution in [1.82, 2.24) is 5.32 Å². The van der Waals surface area contributed by atoms with Crippen molar-refractivity contribution in [2.75, 3.05) is 0 Å². The van der Waals surface area contributed by atoms with E-state index >= 15 is 0 Å². The van der Waals surface area contributed by atoms with Gasteiger partial charge in [-0.05, 0) is 31.1 Å². The molecule has 118 valence electrons. The Morgan fingerprint density at radius 2 is 2.19 bits per heavy atom. The van der Waals surface area contributed by atoms with Gasteiger partial charge in [-0.1, -0.05) is 19.9 Å². The molecule has 0 aliphatic heterocycles. The molecule has 1 aliphatic carbocycles. The molecule has 1 amide bonds. The molecule has 0 heterocycles. The predicted octanol–water partition coefficient (Wildman–Crippen LogP) is 2.15. The molecule has 0 bridgehead atoms. The van der Waals surface area contributed by atoms with Gasteiger partial charge in [-0.3, -0.25) is 9.36 Å². The summed E-state index contributed by atoms with van der Waals surface area (Å²) in [4.78, 5) is 29.8. The van der Waals surface area contributed by atoms with Crippen LogP contribution < -0.4 is 5.32 Å². The third-order valence-corrected chi connectivity index (χ3v) is 4.86. The third-order valence-electron chi connectivity index (χ3n) is 3.74. The highest BCUT2D eigenvalue weighted by atomic mass is 31.2. The highest BCUT2D eigenvalue weighted by Crippen LogP contribution is 2.51. The lowest BCUT2D eigenvalue weighted by atomic mass is 9.76. The first-order valence-electron chi connectivity index (χ1n) is 7.07. The normalized spacial score (nSPS) is 24.1. The van der Waals surface area contributed by atoms with E-state index in [1.807, 2.05) is 13.8 Å². The molecule has 0 unspecified atom stereocenters. The van der Waals surface area contributed by atoms with E-state index in [1.165, 1.54) is 13.0 Å². The topological polar surface area (TPSA) is 110 Å². The summed E-state index contributed by atoms with van der Waals surface area (Å²) in [6.45, 7) is 5.51. The van der Waals surface area contributed by atoms with Crippen molar-refractivity contribution in [3.05, 3.63) is 11.4 Å². The number of hydrogen-bond donors (Lipinski definition) is 3.